The van der Waals surface area contributed by atoms with Crippen LogP contribution in [-0.4, -0.2) is 0 Å². The van der Waals surface area contributed by atoms with Crippen molar-refractivity contribution in [3.63, 3.8) is 0 Å². The lowest BCUT2D eigenvalue weighted by Gasteiger charge is -2.09. The summed E-state index contributed by atoms with van der Waals surface area (Å²) < 4.78 is 6.05. The van der Waals surface area contributed by atoms with Crippen LogP contribution in [0.1, 0.15) is 18.1 Å². The second-order valence-electron chi connectivity index (χ2n) is 5.88. The van der Waals surface area contributed by atoms with Gasteiger partial charge in [0, 0.05) is 12.0 Å². The highest BCUT2D eigenvalue weighted by Gasteiger charge is 2.19. The first-order valence-electron chi connectivity index (χ1n) is 7.92. The van der Waals surface area contributed by atoms with Crippen LogP contribution in [0, 0.1) is 0 Å². The Kier molecular flexibility index (Phi) is 3.47. The molecule has 0 radical (unpaired) electrons. The molecule has 0 aromatic heterocycles. The average molecular weight is 298 g/mol. The summed E-state index contributed by atoms with van der Waals surface area (Å²) in [5.74, 6) is 2.04. The summed E-state index contributed by atoms with van der Waals surface area (Å²) >= 11 is 0. The minimum atomic E-state index is 0.873. The number of hydrogen-bond acceptors (Lipinski definition) is 1. The maximum atomic E-state index is 6.05. The van der Waals surface area contributed by atoms with E-state index in [1.807, 2.05) is 18.2 Å². The lowest BCUT2D eigenvalue weighted by molar-refractivity contribution is 0.448. The standard InChI is InChI=1S/C22H18O/c1-16(22-15-20-10-5-6-13-21(20)23-22)18-11-7-12-19(14-18)17-8-3-2-4-9-17/h2-14H,15H2,1H3/b22-16-. The zero-order valence-corrected chi connectivity index (χ0v) is 13.1. The molecule has 1 heteroatoms. The predicted molar refractivity (Wildman–Crippen MR) is 95.2 cm³/mol. The molecule has 112 valence electrons. The van der Waals surface area contributed by atoms with Gasteiger partial charge in [0.05, 0.1) is 0 Å². The molecule has 0 spiro atoms. The molecule has 0 saturated carbocycles. The van der Waals surface area contributed by atoms with Gasteiger partial charge < -0.3 is 4.74 Å². The molecule has 23 heavy (non-hydrogen) atoms. The SMILES string of the molecule is C/C(=C1\Cc2ccccc2O1)c1cccc(-c2ccccc2)c1. The highest BCUT2D eigenvalue weighted by atomic mass is 16.5. The minimum Gasteiger partial charge on any atom is -0.461 e. The van der Waals surface area contributed by atoms with Crippen molar-refractivity contribution in [3.8, 4) is 16.9 Å². The summed E-state index contributed by atoms with van der Waals surface area (Å²) in [7, 11) is 0. The summed E-state index contributed by atoms with van der Waals surface area (Å²) in [4.78, 5) is 0. The molecule has 0 fully saturated rings. The first-order chi connectivity index (χ1) is 11.3. The van der Waals surface area contributed by atoms with E-state index < -0.39 is 0 Å². The summed E-state index contributed by atoms with van der Waals surface area (Å²) in [5.41, 5.74) is 6.16. The van der Waals surface area contributed by atoms with E-state index in [0.29, 0.717) is 0 Å². The molecule has 0 atom stereocenters. The van der Waals surface area contributed by atoms with Crippen molar-refractivity contribution in [2.45, 2.75) is 13.3 Å². The Labute approximate surface area is 136 Å². The molecule has 0 amide bonds. The second-order valence-corrected chi connectivity index (χ2v) is 5.88. The largest absolute Gasteiger partial charge is 0.461 e. The molecule has 1 aliphatic heterocycles. The third-order valence-corrected chi connectivity index (χ3v) is 4.38. The van der Waals surface area contributed by atoms with Gasteiger partial charge >= 0.3 is 0 Å². The topological polar surface area (TPSA) is 9.23 Å². The van der Waals surface area contributed by atoms with Gasteiger partial charge in [-0.1, -0.05) is 66.7 Å². The third-order valence-electron chi connectivity index (χ3n) is 4.38. The summed E-state index contributed by atoms with van der Waals surface area (Å²) in [5, 5.41) is 0. The highest BCUT2D eigenvalue weighted by Crippen LogP contribution is 2.35. The molecule has 0 unspecified atom stereocenters. The van der Waals surface area contributed by atoms with Gasteiger partial charge in [0.25, 0.3) is 0 Å². The first-order valence-corrected chi connectivity index (χ1v) is 7.92. The molecule has 0 aliphatic carbocycles. The molecule has 1 heterocycles. The van der Waals surface area contributed by atoms with Crippen LogP contribution < -0.4 is 4.74 Å². The zero-order valence-electron chi connectivity index (χ0n) is 13.1. The summed E-state index contributed by atoms with van der Waals surface area (Å²) in [6.07, 6.45) is 0.873. The van der Waals surface area contributed by atoms with Crippen LogP contribution in [0.3, 0.4) is 0 Å². The smallest absolute Gasteiger partial charge is 0.130 e. The first kappa shape index (κ1) is 13.8. The minimum absolute atomic E-state index is 0.873. The van der Waals surface area contributed by atoms with E-state index in [1.54, 1.807) is 0 Å². The third kappa shape index (κ3) is 2.66. The predicted octanol–water partition coefficient (Wildman–Crippen LogP) is 5.72. The zero-order chi connectivity index (χ0) is 15.6. The van der Waals surface area contributed by atoms with Gasteiger partial charge in [-0.25, -0.2) is 0 Å². The van der Waals surface area contributed by atoms with Crippen molar-refractivity contribution in [3.05, 3.63) is 95.7 Å². The number of fused-ring (bicyclic) bond motifs is 1. The number of rotatable bonds is 2. The number of benzene rings is 3. The van der Waals surface area contributed by atoms with Gasteiger partial charge in [0.15, 0.2) is 0 Å². The second kappa shape index (κ2) is 5.77. The molecule has 0 bridgehead atoms. The molecular formula is C22H18O. The van der Waals surface area contributed by atoms with Gasteiger partial charge in [0.2, 0.25) is 0 Å². The van der Waals surface area contributed by atoms with E-state index in [1.165, 1.54) is 27.8 Å². The van der Waals surface area contributed by atoms with E-state index >= 15 is 0 Å². The molecule has 3 aromatic carbocycles. The molecule has 0 saturated heterocycles. The Morgan fingerprint density at radius 2 is 1.52 bits per heavy atom. The quantitative estimate of drug-likeness (QED) is 0.588. The number of hydrogen-bond donors (Lipinski definition) is 0. The van der Waals surface area contributed by atoms with Crippen LogP contribution in [0.15, 0.2) is 84.6 Å². The van der Waals surface area contributed by atoms with Crippen molar-refractivity contribution in [2.24, 2.45) is 0 Å². The van der Waals surface area contributed by atoms with Gasteiger partial charge in [-0.15, -0.1) is 0 Å². The fraction of sp³-hybridized carbons (Fsp3) is 0.0909. The Morgan fingerprint density at radius 3 is 2.35 bits per heavy atom. The van der Waals surface area contributed by atoms with Crippen molar-refractivity contribution in [2.75, 3.05) is 0 Å². The lowest BCUT2D eigenvalue weighted by atomic mass is 9.98. The van der Waals surface area contributed by atoms with Crippen LogP contribution in [0.4, 0.5) is 0 Å². The van der Waals surface area contributed by atoms with Crippen LogP contribution in [0.5, 0.6) is 5.75 Å². The molecule has 1 nitrogen and oxygen atoms in total. The molecule has 4 rings (SSSR count). The van der Waals surface area contributed by atoms with E-state index in [-0.39, 0.29) is 0 Å². The monoisotopic (exact) mass is 298 g/mol. The number of ether oxygens (including phenoxy) is 1. The molecule has 0 N–H and O–H groups in total. The van der Waals surface area contributed by atoms with Gasteiger partial charge in [-0.3, -0.25) is 0 Å². The van der Waals surface area contributed by atoms with Crippen LogP contribution in [0.25, 0.3) is 16.7 Å². The van der Waals surface area contributed by atoms with Gasteiger partial charge in [-0.05, 0) is 41.3 Å². The Bertz CT molecular complexity index is 848. The van der Waals surface area contributed by atoms with E-state index in [4.69, 9.17) is 4.74 Å². The van der Waals surface area contributed by atoms with E-state index in [2.05, 4.69) is 67.6 Å². The lowest BCUT2D eigenvalue weighted by Crippen LogP contribution is -1.94. The van der Waals surface area contributed by atoms with Gasteiger partial charge in [0.1, 0.15) is 11.5 Å². The van der Waals surface area contributed by atoms with E-state index in [0.717, 1.165) is 17.9 Å². The fourth-order valence-corrected chi connectivity index (χ4v) is 3.02. The summed E-state index contributed by atoms with van der Waals surface area (Å²) in [6.45, 7) is 2.14. The highest BCUT2D eigenvalue weighted by molar-refractivity contribution is 5.73. The normalized spacial score (nSPS) is 15.0. The molecular weight excluding hydrogens is 280 g/mol. The van der Waals surface area contributed by atoms with Gasteiger partial charge in [-0.2, -0.15) is 0 Å². The maximum Gasteiger partial charge on any atom is 0.130 e. The number of allylic oxidation sites excluding steroid dienone is 2. The number of para-hydroxylation sites is 1. The van der Waals surface area contributed by atoms with Crippen LogP contribution >= 0.6 is 0 Å². The Hall–Kier alpha value is -2.80. The van der Waals surface area contributed by atoms with E-state index in [9.17, 15) is 0 Å². The average Bonchev–Trinajstić information content (AvgIpc) is 3.06. The van der Waals surface area contributed by atoms with Crippen molar-refractivity contribution >= 4 is 5.57 Å². The maximum absolute atomic E-state index is 6.05. The molecule has 1 aliphatic rings. The molecule has 3 aromatic rings. The van der Waals surface area contributed by atoms with Crippen molar-refractivity contribution in [1.29, 1.82) is 0 Å². The van der Waals surface area contributed by atoms with Crippen LogP contribution in [-0.2, 0) is 6.42 Å². The Morgan fingerprint density at radius 1 is 0.783 bits per heavy atom. The van der Waals surface area contributed by atoms with Crippen molar-refractivity contribution in [1.82, 2.24) is 0 Å². The van der Waals surface area contributed by atoms with Crippen molar-refractivity contribution < 1.29 is 4.74 Å². The fourth-order valence-electron chi connectivity index (χ4n) is 3.02. The summed E-state index contributed by atoms with van der Waals surface area (Å²) in [6, 6.07) is 27.4. The van der Waals surface area contributed by atoms with Crippen LogP contribution in [0.2, 0.25) is 0 Å². The Balaban J connectivity index is 1.70.